The van der Waals surface area contributed by atoms with Gasteiger partial charge in [-0.05, 0) is 48.5 Å². The van der Waals surface area contributed by atoms with Gasteiger partial charge in [-0.3, -0.25) is 9.69 Å². The summed E-state index contributed by atoms with van der Waals surface area (Å²) in [6, 6.07) is 17.9. The number of halogens is 1. The van der Waals surface area contributed by atoms with E-state index >= 15 is 0 Å². The van der Waals surface area contributed by atoms with E-state index in [1.54, 1.807) is 47.4 Å². The Balaban J connectivity index is 1.18. The molecule has 2 heterocycles. The molecule has 0 unspecified atom stereocenters. The Morgan fingerprint density at radius 3 is 2.56 bits per heavy atom. The molecule has 0 bridgehead atoms. The van der Waals surface area contributed by atoms with Crippen molar-refractivity contribution in [1.82, 2.24) is 19.4 Å². The van der Waals surface area contributed by atoms with E-state index in [0.29, 0.717) is 49.6 Å². The zero-order chi connectivity index (χ0) is 27.5. The fourth-order valence-electron chi connectivity index (χ4n) is 4.62. The largest absolute Gasteiger partial charge is 0.489 e. The van der Waals surface area contributed by atoms with Crippen molar-refractivity contribution in [2.45, 2.75) is 13.2 Å². The molecule has 39 heavy (non-hydrogen) atoms. The number of fused-ring (bicyclic) bond motifs is 1. The second-order valence-corrected chi connectivity index (χ2v) is 9.40. The highest BCUT2D eigenvalue weighted by atomic mass is 19.1. The number of hydrogen-bond donors (Lipinski definition) is 1. The summed E-state index contributed by atoms with van der Waals surface area (Å²) >= 11 is 0. The summed E-state index contributed by atoms with van der Waals surface area (Å²) in [7, 11) is 1.88. The van der Waals surface area contributed by atoms with Crippen molar-refractivity contribution in [1.29, 1.82) is 5.26 Å². The van der Waals surface area contributed by atoms with E-state index in [0.717, 1.165) is 16.9 Å². The third-order valence-electron chi connectivity index (χ3n) is 6.90. The SMILES string of the molecule is Cn1c(CN2CCN(C(=O)c3cccc(OCc4ccc(C#N)cc4F)c3)CC2)nc2ccc(C(=O)O)cc21. The molecule has 4 aromatic rings. The van der Waals surface area contributed by atoms with Crippen LogP contribution in [0, 0.1) is 17.1 Å². The number of imidazole rings is 1. The average molecular weight is 528 g/mol. The van der Waals surface area contributed by atoms with Crippen molar-refractivity contribution in [3.63, 3.8) is 0 Å². The number of nitriles is 1. The molecule has 1 aliphatic heterocycles. The highest BCUT2D eigenvalue weighted by molar-refractivity contribution is 5.94. The van der Waals surface area contributed by atoms with E-state index in [1.165, 1.54) is 18.2 Å². The van der Waals surface area contributed by atoms with Crippen molar-refractivity contribution in [2.24, 2.45) is 7.05 Å². The Bertz CT molecular complexity index is 1600. The Morgan fingerprint density at radius 1 is 1.05 bits per heavy atom. The average Bonchev–Trinajstić information content (AvgIpc) is 3.26. The Hall–Kier alpha value is -4.75. The maximum Gasteiger partial charge on any atom is 0.335 e. The highest BCUT2D eigenvalue weighted by Gasteiger charge is 2.24. The second kappa shape index (κ2) is 10.9. The summed E-state index contributed by atoms with van der Waals surface area (Å²) in [6.07, 6.45) is 0. The molecule has 0 atom stereocenters. The standard InChI is InChI=1S/C29H26FN5O4/c1-33-26-15-21(29(37)38)7-8-25(26)32-27(33)17-34-9-11-35(12-10-34)28(36)20-3-2-4-23(14-20)39-18-22-6-5-19(16-31)13-24(22)30/h2-8,13-15H,9-12,17-18H2,1H3,(H,37,38). The molecule has 1 amide bonds. The first-order valence-electron chi connectivity index (χ1n) is 12.4. The lowest BCUT2D eigenvalue weighted by molar-refractivity contribution is 0.0623. The lowest BCUT2D eigenvalue weighted by Crippen LogP contribution is -2.48. The molecule has 9 nitrogen and oxygen atoms in total. The maximum atomic E-state index is 14.2. The summed E-state index contributed by atoms with van der Waals surface area (Å²) in [4.78, 5) is 33.2. The van der Waals surface area contributed by atoms with Crippen LogP contribution in [0.4, 0.5) is 4.39 Å². The van der Waals surface area contributed by atoms with Crippen LogP contribution in [-0.2, 0) is 20.2 Å². The quantitative estimate of drug-likeness (QED) is 0.389. The third kappa shape index (κ3) is 5.58. The number of carboxylic acid groups (broad SMARTS) is 1. The molecule has 10 heteroatoms. The highest BCUT2D eigenvalue weighted by Crippen LogP contribution is 2.21. The monoisotopic (exact) mass is 527 g/mol. The van der Waals surface area contributed by atoms with Gasteiger partial charge < -0.3 is 19.3 Å². The van der Waals surface area contributed by atoms with Crippen LogP contribution in [0.15, 0.2) is 60.7 Å². The third-order valence-corrected chi connectivity index (χ3v) is 6.90. The van der Waals surface area contributed by atoms with Crippen LogP contribution in [0.2, 0.25) is 0 Å². The number of aromatic nitrogens is 2. The summed E-state index contributed by atoms with van der Waals surface area (Å²) in [5.74, 6) is -0.304. The van der Waals surface area contributed by atoms with Gasteiger partial charge in [0.2, 0.25) is 0 Å². The molecule has 1 N–H and O–H groups in total. The van der Waals surface area contributed by atoms with Gasteiger partial charge in [0.25, 0.3) is 5.91 Å². The number of carboxylic acids is 1. The lowest BCUT2D eigenvalue weighted by Gasteiger charge is -2.34. The van der Waals surface area contributed by atoms with Crippen LogP contribution >= 0.6 is 0 Å². The number of aryl methyl sites for hydroxylation is 1. The lowest BCUT2D eigenvalue weighted by atomic mass is 10.1. The summed E-state index contributed by atoms with van der Waals surface area (Å²) < 4.78 is 21.8. The summed E-state index contributed by atoms with van der Waals surface area (Å²) in [6.45, 7) is 3.01. The van der Waals surface area contributed by atoms with Gasteiger partial charge in [-0.2, -0.15) is 5.26 Å². The fraction of sp³-hybridized carbons (Fsp3) is 0.241. The minimum Gasteiger partial charge on any atom is -0.489 e. The van der Waals surface area contributed by atoms with Gasteiger partial charge in [-0.1, -0.05) is 12.1 Å². The minimum absolute atomic E-state index is 0.0202. The smallest absolute Gasteiger partial charge is 0.335 e. The van der Waals surface area contributed by atoms with Crippen LogP contribution in [0.25, 0.3) is 11.0 Å². The molecule has 0 saturated carbocycles. The van der Waals surface area contributed by atoms with Gasteiger partial charge in [-0.15, -0.1) is 0 Å². The van der Waals surface area contributed by atoms with Gasteiger partial charge in [0.1, 0.15) is 24.0 Å². The topological polar surface area (TPSA) is 112 Å². The number of rotatable bonds is 7. The number of amides is 1. The van der Waals surface area contributed by atoms with Crippen LogP contribution < -0.4 is 4.74 Å². The number of hydrogen-bond acceptors (Lipinski definition) is 6. The molecular formula is C29H26FN5O4. The van der Waals surface area contributed by atoms with E-state index in [2.05, 4.69) is 9.88 Å². The molecule has 3 aromatic carbocycles. The molecule has 1 aromatic heterocycles. The Kier molecular flexibility index (Phi) is 7.25. The van der Waals surface area contributed by atoms with Gasteiger partial charge in [-0.25, -0.2) is 14.2 Å². The predicted octanol–water partition coefficient (Wildman–Crippen LogP) is 3.82. The van der Waals surface area contributed by atoms with E-state index in [4.69, 9.17) is 10.00 Å². The minimum atomic E-state index is -0.974. The number of carbonyl (C=O) groups is 2. The summed E-state index contributed by atoms with van der Waals surface area (Å²) in [5.41, 5.74) is 2.79. The van der Waals surface area contributed by atoms with Crippen molar-refractivity contribution < 1.29 is 23.8 Å². The van der Waals surface area contributed by atoms with Crippen molar-refractivity contribution in [3.8, 4) is 11.8 Å². The van der Waals surface area contributed by atoms with Crippen LogP contribution in [-0.4, -0.2) is 62.5 Å². The number of nitrogens with zero attached hydrogens (tertiary/aromatic N) is 5. The Labute approximate surface area is 224 Å². The van der Waals surface area contributed by atoms with Gasteiger partial charge >= 0.3 is 5.97 Å². The van der Waals surface area contributed by atoms with E-state index in [-0.39, 0.29) is 23.6 Å². The number of ether oxygens (including phenoxy) is 1. The zero-order valence-corrected chi connectivity index (χ0v) is 21.3. The molecule has 0 spiro atoms. The first kappa shape index (κ1) is 25.9. The molecule has 1 fully saturated rings. The normalized spacial score (nSPS) is 13.8. The molecule has 0 aliphatic carbocycles. The number of aromatic carboxylic acids is 1. The van der Waals surface area contributed by atoms with Gasteiger partial charge in [0.15, 0.2) is 0 Å². The van der Waals surface area contributed by atoms with E-state index < -0.39 is 11.8 Å². The predicted molar refractivity (Wildman–Crippen MR) is 141 cm³/mol. The van der Waals surface area contributed by atoms with Crippen molar-refractivity contribution in [2.75, 3.05) is 26.2 Å². The van der Waals surface area contributed by atoms with Crippen LogP contribution in [0.3, 0.4) is 0 Å². The second-order valence-electron chi connectivity index (χ2n) is 9.40. The first-order valence-corrected chi connectivity index (χ1v) is 12.4. The maximum absolute atomic E-state index is 14.2. The molecule has 0 radical (unpaired) electrons. The van der Waals surface area contributed by atoms with Crippen LogP contribution in [0.5, 0.6) is 5.75 Å². The Morgan fingerprint density at radius 2 is 1.85 bits per heavy atom. The van der Waals surface area contributed by atoms with Gasteiger partial charge in [0.05, 0.1) is 34.8 Å². The van der Waals surface area contributed by atoms with E-state index in [9.17, 15) is 19.1 Å². The molecule has 1 saturated heterocycles. The van der Waals surface area contributed by atoms with Crippen molar-refractivity contribution >= 4 is 22.9 Å². The number of benzene rings is 3. The molecule has 1 aliphatic rings. The zero-order valence-electron chi connectivity index (χ0n) is 21.3. The molecule has 5 rings (SSSR count). The van der Waals surface area contributed by atoms with Gasteiger partial charge in [0, 0.05) is 44.4 Å². The first-order chi connectivity index (χ1) is 18.8. The number of carbonyl (C=O) groups excluding carboxylic acids is 1. The summed E-state index contributed by atoms with van der Waals surface area (Å²) in [5, 5.41) is 18.2. The molecule has 198 valence electrons. The number of piperazine rings is 1. The van der Waals surface area contributed by atoms with E-state index in [1.807, 2.05) is 17.7 Å². The molecular weight excluding hydrogens is 501 g/mol. The fourth-order valence-corrected chi connectivity index (χ4v) is 4.62. The van der Waals surface area contributed by atoms with Crippen LogP contribution in [0.1, 0.15) is 37.7 Å². The van der Waals surface area contributed by atoms with Crippen molar-refractivity contribution in [3.05, 3.63) is 94.6 Å².